The minimum absolute atomic E-state index is 0.0652. The van der Waals surface area contributed by atoms with Crippen LogP contribution in [0.5, 0.6) is 5.75 Å². The van der Waals surface area contributed by atoms with E-state index in [1.165, 1.54) is 36.4 Å². The van der Waals surface area contributed by atoms with E-state index in [-0.39, 0.29) is 43.0 Å². The molecular formula is C23H24F2N2O4. The molecule has 4 rings (SSSR count). The first-order valence-electron chi connectivity index (χ1n) is 10.2. The Labute approximate surface area is 179 Å². The maximum absolute atomic E-state index is 13.3. The van der Waals surface area contributed by atoms with Crippen LogP contribution in [0.2, 0.25) is 0 Å². The second kappa shape index (κ2) is 9.01. The van der Waals surface area contributed by atoms with Gasteiger partial charge in [0.05, 0.1) is 12.1 Å². The van der Waals surface area contributed by atoms with Crippen molar-refractivity contribution in [2.45, 2.75) is 24.9 Å². The third-order valence-electron chi connectivity index (χ3n) is 5.82. The quantitative estimate of drug-likeness (QED) is 0.732. The molecule has 2 heterocycles. The highest BCUT2D eigenvalue weighted by Gasteiger charge is 2.47. The van der Waals surface area contributed by atoms with Gasteiger partial charge in [0.15, 0.2) is 6.61 Å². The molecule has 2 amide bonds. The van der Waals surface area contributed by atoms with Crippen LogP contribution in [0.25, 0.3) is 0 Å². The van der Waals surface area contributed by atoms with Crippen LogP contribution in [-0.4, -0.2) is 60.1 Å². The van der Waals surface area contributed by atoms with E-state index in [9.17, 15) is 18.4 Å². The Kier molecular flexibility index (Phi) is 6.18. The Hall–Kier alpha value is -3.00. The normalized spacial score (nSPS) is 21.4. The number of ether oxygens (including phenoxy) is 2. The fourth-order valence-corrected chi connectivity index (χ4v) is 4.09. The highest BCUT2D eigenvalue weighted by Crippen LogP contribution is 2.32. The average Bonchev–Trinajstić information content (AvgIpc) is 3.19. The average molecular weight is 430 g/mol. The number of carbonyl (C=O) groups excluding carboxylic acids is 2. The van der Waals surface area contributed by atoms with Gasteiger partial charge in [-0.2, -0.15) is 0 Å². The minimum Gasteiger partial charge on any atom is -0.484 e. The summed E-state index contributed by atoms with van der Waals surface area (Å²) in [5.41, 5.74) is 0.188. The lowest BCUT2D eigenvalue weighted by Crippen LogP contribution is -2.56. The molecule has 2 saturated heterocycles. The second-order valence-electron chi connectivity index (χ2n) is 7.94. The lowest BCUT2D eigenvalue weighted by molar-refractivity contribution is -0.139. The molecule has 6 nitrogen and oxygen atoms in total. The topological polar surface area (TPSA) is 59.1 Å². The van der Waals surface area contributed by atoms with E-state index in [4.69, 9.17) is 9.47 Å². The maximum Gasteiger partial charge on any atom is 0.260 e. The van der Waals surface area contributed by atoms with E-state index in [1.54, 1.807) is 21.9 Å². The fraction of sp³-hybridized carbons (Fsp3) is 0.391. The van der Waals surface area contributed by atoms with Crippen LogP contribution >= 0.6 is 0 Å². The zero-order valence-corrected chi connectivity index (χ0v) is 17.1. The highest BCUT2D eigenvalue weighted by molar-refractivity contribution is 5.82. The SMILES string of the molecule is O=C(COc1ccc(F)cc1)N1CCC(=O)N(Cc2ccc(F)cc2)C2(CCOC2)C1. The number of halogens is 2. The zero-order valence-electron chi connectivity index (χ0n) is 17.1. The van der Waals surface area contributed by atoms with Crippen LogP contribution in [0.4, 0.5) is 8.78 Å². The van der Waals surface area contributed by atoms with Crippen molar-refractivity contribution in [1.82, 2.24) is 9.80 Å². The van der Waals surface area contributed by atoms with Gasteiger partial charge in [0.25, 0.3) is 5.91 Å². The molecule has 31 heavy (non-hydrogen) atoms. The number of benzene rings is 2. The van der Waals surface area contributed by atoms with Crippen LogP contribution in [0.1, 0.15) is 18.4 Å². The van der Waals surface area contributed by atoms with Crippen LogP contribution in [-0.2, 0) is 20.9 Å². The van der Waals surface area contributed by atoms with Crippen molar-refractivity contribution in [3.05, 3.63) is 65.7 Å². The third kappa shape index (κ3) is 4.85. The molecule has 2 aromatic rings. The first-order valence-corrected chi connectivity index (χ1v) is 10.2. The number of hydrogen-bond donors (Lipinski definition) is 0. The predicted octanol–water partition coefficient (Wildman–Crippen LogP) is 2.76. The highest BCUT2D eigenvalue weighted by atomic mass is 19.1. The van der Waals surface area contributed by atoms with Crippen molar-refractivity contribution in [2.75, 3.05) is 32.9 Å². The van der Waals surface area contributed by atoms with Crippen molar-refractivity contribution >= 4 is 11.8 Å². The van der Waals surface area contributed by atoms with Gasteiger partial charge in [-0.1, -0.05) is 12.1 Å². The summed E-state index contributed by atoms with van der Waals surface area (Å²) < 4.78 is 37.5. The molecule has 0 bridgehead atoms. The largest absolute Gasteiger partial charge is 0.484 e. The van der Waals surface area contributed by atoms with E-state index < -0.39 is 5.54 Å². The molecule has 0 aromatic heterocycles. The molecule has 1 unspecified atom stereocenters. The zero-order chi connectivity index (χ0) is 21.8. The Balaban J connectivity index is 1.48. The summed E-state index contributed by atoms with van der Waals surface area (Å²) in [6.07, 6.45) is 0.799. The van der Waals surface area contributed by atoms with Gasteiger partial charge in [0.1, 0.15) is 17.4 Å². The molecule has 1 atom stereocenters. The molecule has 2 aliphatic heterocycles. The van der Waals surface area contributed by atoms with Gasteiger partial charge in [0, 0.05) is 32.7 Å². The monoisotopic (exact) mass is 430 g/mol. The summed E-state index contributed by atoms with van der Waals surface area (Å²) in [5, 5.41) is 0. The molecule has 2 aliphatic rings. The molecule has 0 aliphatic carbocycles. The number of amides is 2. The van der Waals surface area contributed by atoms with Crippen molar-refractivity contribution in [3.63, 3.8) is 0 Å². The van der Waals surface area contributed by atoms with Gasteiger partial charge in [-0.25, -0.2) is 8.78 Å². The van der Waals surface area contributed by atoms with Gasteiger partial charge >= 0.3 is 0 Å². The van der Waals surface area contributed by atoms with Gasteiger partial charge in [-0.15, -0.1) is 0 Å². The van der Waals surface area contributed by atoms with Crippen molar-refractivity contribution < 1.29 is 27.8 Å². The molecular weight excluding hydrogens is 406 g/mol. The lowest BCUT2D eigenvalue weighted by Gasteiger charge is -2.40. The number of carbonyl (C=O) groups is 2. The van der Waals surface area contributed by atoms with Gasteiger partial charge in [-0.05, 0) is 48.4 Å². The third-order valence-corrected chi connectivity index (χ3v) is 5.82. The van der Waals surface area contributed by atoms with E-state index in [1.807, 2.05) is 0 Å². The molecule has 2 aromatic carbocycles. The molecule has 0 N–H and O–H groups in total. The Morgan fingerprint density at radius 2 is 1.74 bits per heavy atom. The van der Waals surface area contributed by atoms with Crippen molar-refractivity contribution in [1.29, 1.82) is 0 Å². The lowest BCUT2D eigenvalue weighted by atomic mass is 9.94. The second-order valence-corrected chi connectivity index (χ2v) is 7.94. The number of rotatable bonds is 5. The summed E-state index contributed by atoms with van der Waals surface area (Å²) in [5.74, 6) is -0.619. The Morgan fingerprint density at radius 3 is 2.39 bits per heavy atom. The number of hydrogen-bond acceptors (Lipinski definition) is 4. The molecule has 8 heteroatoms. The Bertz CT molecular complexity index is 928. The summed E-state index contributed by atoms with van der Waals surface area (Å²) in [4.78, 5) is 29.3. The Morgan fingerprint density at radius 1 is 1.06 bits per heavy atom. The standard InChI is InChI=1S/C23H24F2N2O4/c24-18-3-1-17(2-4-18)13-27-21(28)9-11-26(15-23(27)10-12-30-16-23)22(29)14-31-20-7-5-19(25)6-8-20/h1-8H,9-16H2. The van der Waals surface area contributed by atoms with Crippen LogP contribution in [0, 0.1) is 11.6 Å². The number of nitrogens with zero attached hydrogens (tertiary/aromatic N) is 2. The summed E-state index contributed by atoms with van der Waals surface area (Å²) in [7, 11) is 0. The molecule has 0 radical (unpaired) electrons. The van der Waals surface area contributed by atoms with E-state index in [0.29, 0.717) is 38.5 Å². The molecule has 0 saturated carbocycles. The molecule has 164 valence electrons. The van der Waals surface area contributed by atoms with Gasteiger partial charge in [0.2, 0.25) is 5.91 Å². The molecule has 2 fully saturated rings. The maximum atomic E-state index is 13.3. The first-order chi connectivity index (χ1) is 14.9. The summed E-state index contributed by atoms with van der Waals surface area (Å²) >= 11 is 0. The van der Waals surface area contributed by atoms with Gasteiger partial charge in [-0.3, -0.25) is 9.59 Å². The fourth-order valence-electron chi connectivity index (χ4n) is 4.09. The van der Waals surface area contributed by atoms with E-state index in [2.05, 4.69) is 0 Å². The minimum atomic E-state index is -0.631. The van der Waals surface area contributed by atoms with Gasteiger partial charge < -0.3 is 19.3 Å². The van der Waals surface area contributed by atoms with Crippen LogP contribution in [0.3, 0.4) is 0 Å². The predicted molar refractivity (Wildman–Crippen MR) is 108 cm³/mol. The first kappa shape index (κ1) is 21.2. The van der Waals surface area contributed by atoms with Crippen molar-refractivity contribution in [2.24, 2.45) is 0 Å². The van der Waals surface area contributed by atoms with E-state index in [0.717, 1.165) is 5.56 Å². The summed E-state index contributed by atoms with van der Waals surface area (Å²) in [6, 6.07) is 11.5. The summed E-state index contributed by atoms with van der Waals surface area (Å²) in [6.45, 7) is 1.59. The van der Waals surface area contributed by atoms with Crippen LogP contribution in [0.15, 0.2) is 48.5 Å². The van der Waals surface area contributed by atoms with E-state index >= 15 is 0 Å². The van der Waals surface area contributed by atoms with Crippen molar-refractivity contribution in [3.8, 4) is 5.75 Å². The smallest absolute Gasteiger partial charge is 0.260 e. The van der Waals surface area contributed by atoms with Crippen LogP contribution < -0.4 is 4.74 Å². The molecule has 1 spiro atoms.